The lowest BCUT2D eigenvalue weighted by atomic mass is 10.3. The molecule has 0 fully saturated rings. The molecule has 0 heterocycles. The Morgan fingerprint density at radius 3 is 1.78 bits per heavy atom. The Morgan fingerprint density at radius 1 is 0.778 bits per heavy atom. The molecule has 2 rings (SSSR count). The number of para-hydroxylation sites is 1. The lowest BCUT2D eigenvalue weighted by Crippen LogP contribution is -2.08. The third-order valence-electron chi connectivity index (χ3n) is 2.41. The summed E-state index contributed by atoms with van der Waals surface area (Å²) < 4.78 is 22.6. The first kappa shape index (κ1) is 12.4. The number of nitrogens with one attached hydrogen (secondary N) is 2. The molecule has 0 saturated carbocycles. The molecule has 0 radical (unpaired) electrons. The Morgan fingerprint density at radius 2 is 1.28 bits per heavy atom. The second-order valence-corrected chi connectivity index (χ2v) is 5.93. The molecule has 0 unspecified atom stereocenters. The van der Waals surface area contributed by atoms with Crippen LogP contribution in [0.4, 0.5) is 11.4 Å². The lowest BCUT2D eigenvalue weighted by molar-refractivity contribution is 0.602. The Labute approximate surface area is 107 Å². The molecule has 4 nitrogen and oxygen atoms in total. The summed E-state index contributed by atoms with van der Waals surface area (Å²) >= 11 is 0. The summed E-state index contributed by atoms with van der Waals surface area (Å²) in [7, 11) is -3.13. The highest BCUT2D eigenvalue weighted by molar-refractivity contribution is 7.90. The number of hydrogen-bond donors (Lipinski definition) is 2. The first-order valence-corrected chi connectivity index (χ1v) is 7.32. The van der Waals surface area contributed by atoms with Gasteiger partial charge in [0.15, 0.2) is 9.84 Å². The normalized spacial score (nSPS) is 10.9. The number of sulfone groups is 1. The van der Waals surface area contributed by atoms with E-state index in [0.717, 1.165) is 11.4 Å². The Bertz CT molecular complexity index is 607. The molecule has 0 spiro atoms. The summed E-state index contributed by atoms with van der Waals surface area (Å²) in [6.45, 7) is 0. The molecule has 2 aromatic carbocycles. The SMILES string of the molecule is CS(=O)(=O)c1ccc(NNc2ccccc2)cc1. The van der Waals surface area contributed by atoms with Crippen molar-refractivity contribution in [3.63, 3.8) is 0 Å². The zero-order valence-electron chi connectivity index (χ0n) is 9.92. The van der Waals surface area contributed by atoms with Crippen LogP contribution >= 0.6 is 0 Å². The van der Waals surface area contributed by atoms with Crippen LogP contribution in [0.1, 0.15) is 0 Å². The highest BCUT2D eigenvalue weighted by Gasteiger charge is 2.05. The van der Waals surface area contributed by atoms with Crippen LogP contribution < -0.4 is 10.9 Å². The summed E-state index contributed by atoms with van der Waals surface area (Å²) in [4.78, 5) is 0.313. The van der Waals surface area contributed by atoms with Gasteiger partial charge in [-0.2, -0.15) is 0 Å². The van der Waals surface area contributed by atoms with Crippen molar-refractivity contribution >= 4 is 21.2 Å². The fourth-order valence-corrected chi connectivity index (χ4v) is 2.08. The van der Waals surface area contributed by atoms with E-state index < -0.39 is 9.84 Å². The van der Waals surface area contributed by atoms with Crippen LogP contribution in [0.3, 0.4) is 0 Å². The fraction of sp³-hybridized carbons (Fsp3) is 0.0769. The van der Waals surface area contributed by atoms with Crippen molar-refractivity contribution in [2.24, 2.45) is 0 Å². The van der Waals surface area contributed by atoms with Crippen molar-refractivity contribution in [1.82, 2.24) is 0 Å². The van der Waals surface area contributed by atoms with E-state index in [1.807, 2.05) is 30.3 Å². The maximum atomic E-state index is 11.3. The van der Waals surface area contributed by atoms with Gasteiger partial charge in [-0.15, -0.1) is 0 Å². The zero-order valence-corrected chi connectivity index (χ0v) is 10.7. The van der Waals surface area contributed by atoms with Gasteiger partial charge < -0.3 is 10.9 Å². The van der Waals surface area contributed by atoms with Crippen molar-refractivity contribution < 1.29 is 8.42 Å². The Hall–Kier alpha value is -2.01. The summed E-state index contributed by atoms with van der Waals surface area (Å²) in [5.41, 5.74) is 7.75. The number of hydrazine groups is 1. The van der Waals surface area contributed by atoms with Gasteiger partial charge in [0, 0.05) is 6.26 Å². The van der Waals surface area contributed by atoms with Gasteiger partial charge in [0.1, 0.15) is 0 Å². The molecule has 0 saturated heterocycles. The minimum Gasteiger partial charge on any atom is -0.301 e. The molecule has 0 atom stereocenters. The number of anilines is 2. The Balaban J connectivity index is 2.03. The van der Waals surface area contributed by atoms with Gasteiger partial charge in [-0.25, -0.2) is 8.42 Å². The van der Waals surface area contributed by atoms with Crippen molar-refractivity contribution in [1.29, 1.82) is 0 Å². The van der Waals surface area contributed by atoms with E-state index in [4.69, 9.17) is 0 Å². The molecule has 0 aliphatic carbocycles. The quantitative estimate of drug-likeness (QED) is 0.831. The zero-order chi connectivity index (χ0) is 13.0. The van der Waals surface area contributed by atoms with E-state index in [0.29, 0.717) is 4.90 Å². The Kier molecular flexibility index (Phi) is 3.53. The number of rotatable bonds is 4. The minimum absolute atomic E-state index is 0.313. The molecule has 0 aromatic heterocycles. The van der Waals surface area contributed by atoms with Gasteiger partial charge in [-0.05, 0) is 36.4 Å². The second kappa shape index (κ2) is 5.10. The molecule has 94 valence electrons. The standard InChI is InChI=1S/C13H14N2O2S/c1-18(16,17)13-9-7-12(8-10-13)15-14-11-5-3-2-4-6-11/h2-10,14-15H,1H3. The minimum atomic E-state index is -3.13. The van der Waals surface area contributed by atoms with Crippen LogP contribution in [-0.2, 0) is 9.84 Å². The van der Waals surface area contributed by atoms with E-state index in [1.54, 1.807) is 24.3 Å². The van der Waals surface area contributed by atoms with Gasteiger partial charge in [0.2, 0.25) is 0 Å². The predicted octanol–water partition coefficient (Wildman–Crippen LogP) is 2.53. The predicted molar refractivity (Wildman–Crippen MR) is 73.2 cm³/mol. The van der Waals surface area contributed by atoms with E-state index in [-0.39, 0.29) is 0 Å². The summed E-state index contributed by atoms with van der Waals surface area (Å²) in [5.74, 6) is 0. The average molecular weight is 262 g/mol. The average Bonchev–Trinajstić information content (AvgIpc) is 2.37. The van der Waals surface area contributed by atoms with Crippen LogP contribution in [0.2, 0.25) is 0 Å². The molecule has 2 N–H and O–H groups in total. The van der Waals surface area contributed by atoms with E-state index >= 15 is 0 Å². The summed E-state index contributed by atoms with van der Waals surface area (Å²) in [6, 6.07) is 16.2. The topological polar surface area (TPSA) is 58.2 Å². The first-order valence-electron chi connectivity index (χ1n) is 5.43. The van der Waals surface area contributed by atoms with Gasteiger partial charge in [0.05, 0.1) is 16.3 Å². The number of hydrogen-bond acceptors (Lipinski definition) is 4. The molecule has 0 amide bonds. The van der Waals surface area contributed by atoms with Gasteiger partial charge >= 0.3 is 0 Å². The third-order valence-corrected chi connectivity index (χ3v) is 3.54. The first-order chi connectivity index (χ1) is 8.55. The highest BCUT2D eigenvalue weighted by Crippen LogP contribution is 2.14. The van der Waals surface area contributed by atoms with E-state index in [2.05, 4.69) is 10.9 Å². The molecule has 0 aliphatic rings. The third kappa shape index (κ3) is 3.24. The lowest BCUT2D eigenvalue weighted by Gasteiger charge is -2.09. The van der Waals surface area contributed by atoms with Crippen LogP contribution in [-0.4, -0.2) is 14.7 Å². The summed E-state index contributed by atoms with van der Waals surface area (Å²) in [6.07, 6.45) is 1.19. The molecule has 0 aliphatic heterocycles. The van der Waals surface area contributed by atoms with E-state index in [9.17, 15) is 8.42 Å². The van der Waals surface area contributed by atoms with Gasteiger partial charge in [0.25, 0.3) is 0 Å². The highest BCUT2D eigenvalue weighted by atomic mass is 32.2. The van der Waals surface area contributed by atoms with Crippen LogP contribution in [0.25, 0.3) is 0 Å². The summed E-state index contributed by atoms with van der Waals surface area (Å²) in [5, 5.41) is 0. The van der Waals surface area contributed by atoms with Crippen LogP contribution in [0.15, 0.2) is 59.5 Å². The van der Waals surface area contributed by atoms with Crippen molar-refractivity contribution in [3.05, 3.63) is 54.6 Å². The molecular weight excluding hydrogens is 248 g/mol. The molecule has 5 heteroatoms. The van der Waals surface area contributed by atoms with Crippen LogP contribution in [0.5, 0.6) is 0 Å². The molecule has 18 heavy (non-hydrogen) atoms. The molecule has 2 aromatic rings. The van der Waals surface area contributed by atoms with E-state index in [1.165, 1.54) is 6.26 Å². The molecular formula is C13H14N2O2S. The number of benzene rings is 2. The van der Waals surface area contributed by atoms with Crippen molar-refractivity contribution in [3.8, 4) is 0 Å². The van der Waals surface area contributed by atoms with Crippen LogP contribution in [0, 0.1) is 0 Å². The van der Waals surface area contributed by atoms with Crippen molar-refractivity contribution in [2.75, 3.05) is 17.1 Å². The van der Waals surface area contributed by atoms with Gasteiger partial charge in [-0.1, -0.05) is 18.2 Å². The van der Waals surface area contributed by atoms with Crippen molar-refractivity contribution in [2.45, 2.75) is 4.90 Å². The monoisotopic (exact) mass is 262 g/mol. The largest absolute Gasteiger partial charge is 0.301 e. The second-order valence-electron chi connectivity index (χ2n) is 3.91. The van der Waals surface area contributed by atoms with Gasteiger partial charge in [-0.3, -0.25) is 0 Å². The maximum Gasteiger partial charge on any atom is 0.175 e. The molecule has 0 bridgehead atoms. The maximum absolute atomic E-state index is 11.3. The fourth-order valence-electron chi connectivity index (χ4n) is 1.45. The smallest absolute Gasteiger partial charge is 0.175 e.